The SMILES string of the molecule is O=C(O)CCc1cc2cc3c4c(c2oc1=O)CCCN4CCC3. The maximum absolute atomic E-state index is 12.2. The summed E-state index contributed by atoms with van der Waals surface area (Å²) in [5.74, 6) is -0.902. The van der Waals surface area contributed by atoms with Crippen molar-refractivity contribution in [1.29, 1.82) is 0 Å². The number of fused-ring (bicyclic) bond motifs is 2. The fourth-order valence-corrected chi connectivity index (χ4v) is 3.90. The van der Waals surface area contributed by atoms with Crippen molar-refractivity contribution >= 4 is 22.6 Å². The maximum Gasteiger partial charge on any atom is 0.339 e. The molecule has 2 aliphatic rings. The van der Waals surface area contributed by atoms with Crippen LogP contribution >= 0.6 is 0 Å². The Labute approximate surface area is 133 Å². The van der Waals surface area contributed by atoms with Crippen molar-refractivity contribution in [1.82, 2.24) is 0 Å². The van der Waals surface area contributed by atoms with Gasteiger partial charge in [0.05, 0.1) is 0 Å². The van der Waals surface area contributed by atoms with Gasteiger partial charge in [-0.3, -0.25) is 4.79 Å². The van der Waals surface area contributed by atoms with Gasteiger partial charge in [0.15, 0.2) is 0 Å². The van der Waals surface area contributed by atoms with Gasteiger partial charge in [0.2, 0.25) is 0 Å². The van der Waals surface area contributed by atoms with E-state index in [-0.39, 0.29) is 12.8 Å². The van der Waals surface area contributed by atoms with E-state index in [0.29, 0.717) is 11.1 Å². The molecule has 2 aromatic rings. The van der Waals surface area contributed by atoms with Gasteiger partial charge < -0.3 is 14.4 Å². The highest BCUT2D eigenvalue weighted by Crippen LogP contribution is 2.39. The third-order valence-electron chi connectivity index (χ3n) is 4.90. The molecule has 0 unspecified atom stereocenters. The Morgan fingerprint density at radius 3 is 2.78 bits per heavy atom. The number of aliphatic carboxylic acids is 1. The summed E-state index contributed by atoms with van der Waals surface area (Å²) >= 11 is 0. The van der Waals surface area contributed by atoms with Crippen LogP contribution in [0.1, 0.15) is 36.0 Å². The second-order valence-electron chi connectivity index (χ2n) is 6.43. The molecule has 2 aliphatic heterocycles. The largest absolute Gasteiger partial charge is 0.481 e. The molecule has 1 aromatic carbocycles. The lowest BCUT2D eigenvalue weighted by Crippen LogP contribution is -2.34. The summed E-state index contributed by atoms with van der Waals surface area (Å²) in [5, 5.41) is 9.75. The summed E-state index contributed by atoms with van der Waals surface area (Å²) in [7, 11) is 0. The van der Waals surface area contributed by atoms with Gasteiger partial charge in [0.1, 0.15) is 5.58 Å². The van der Waals surface area contributed by atoms with Crippen LogP contribution in [0.4, 0.5) is 5.69 Å². The van der Waals surface area contributed by atoms with Crippen LogP contribution in [0.3, 0.4) is 0 Å². The first-order chi connectivity index (χ1) is 11.1. The fraction of sp³-hybridized carbons (Fsp3) is 0.444. The van der Waals surface area contributed by atoms with E-state index in [1.54, 1.807) is 0 Å². The monoisotopic (exact) mass is 313 g/mol. The lowest BCUT2D eigenvalue weighted by molar-refractivity contribution is -0.136. The number of benzene rings is 1. The molecule has 0 amide bonds. The van der Waals surface area contributed by atoms with Gasteiger partial charge in [0.25, 0.3) is 0 Å². The highest BCUT2D eigenvalue weighted by Gasteiger charge is 2.27. The van der Waals surface area contributed by atoms with E-state index in [1.165, 1.54) is 11.3 Å². The molecule has 1 aromatic heterocycles. The van der Waals surface area contributed by atoms with Crippen molar-refractivity contribution in [3.63, 3.8) is 0 Å². The van der Waals surface area contributed by atoms with Crippen LogP contribution in [0.5, 0.6) is 0 Å². The molecule has 23 heavy (non-hydrogen) atoms. The molecule has 5 heteroatoms. The zero-order valence-electron chi connectivity index (χ0n) is 12.9. The van der Waals surface area contributed by atoms with Crippen LogP contribution in [0.2, 0.25) is 0 Å². The van der Waals surface area contributed by atoms with E-state index >= 15 is 0 Å². The Morgan fingerprint density at radius 2 is 2.00 bits per heavy atom. The molecule has 0 saturated carbocycles. The summed E-state index contributed by atoms with van der Waals surface area (Å²) in [4.78, 5) is 25.4. The normalized spacial score (nSPS) is 16.4. The molecule has 0 atom stereocenters. The lowest BCUT2D eigenvalue weighted by atomic mass is 9.90. The molecule has 1 N–H and O–H groups in total. The number of aryl methyl sites for hydroxylation is 3. The average molecular weight is 313 g/mol. The minimum Gasteiger partial charge on any atom is -0.481 e. The Bertz CT molecular complexity index is 850. The van der Waals surface area contributed by atoms with Gasteiger partial charge in [-0.1, -0.05) is 0 Å². The molecule has 120 valence electrons. The van der Waals surface area contributed by atoms with E-state index in [1.807, 2.05) is 6.07 Å². The van der Waals surface area contributed by atoms with Crippen LogP contribution in [-0.4, -0.2) is 24.2 Å². The van der Waals surface area contributed by atoms with Gasteiger partial charge in [-0.2, -0.15) is 0 Å². The smallest absolute Gasteiger partial charge is 0.339 e. The summed E-state index contributed by atoms with van der Waals surface area (Å²) < 4.78 is 5.62. The van der Waals surface area contributed by atoms with E-state index in [2.05, 4.69) is 11.0 Å². The van der Waals surface area contributed by atoms with Crippen molar-refractivity contribution in [3.05, 3.63) is 39.2 Å². The lowest BCUT2D eigenvalue weighted by Gasteiger charge is -2.37. The minimum absolute atomic E-state index is 0.0537. The fourth-order valence-electron chi connectivity index (χ4n) is 3.90. The standard InChI is InChI=1S/C18H19NO4/c20-15(21)6-5-12-10-13-9-11-3-1-7-19-8-2-4-14(16(11)19)17(13)23-18(12)22/h9-10H,1-8H2,(H,20,21). The van der Waals surface area contributed by atoms with Crippen LogP contribution < -0.4 is 10.5 Å². The van der Waals surface area contributed by atoms with Gasteiger partial charge in [0, 0.05) is 41.7 Å². The van der Waals surface area contributed by atoms with E-state index in [9.17, 15) is 9.59 Å². The molecule has 0 spiro atoms. The Kier molecular flexibility index (Phi) is 3.36. The van der Waals surface area contributed by atoms with E-state index in [4.69, 9.17) is 9.52 Å². The third kappa shape index (κ3) is 2.40. The number of carboxylic acid groups (broad SMARTS) is 1. The summed E-state index contributed by atoms with van der Waals surface area (Å²) in [5.41, 5.74) is 4.51. The number of hydrogen-bond donors (Lipinski definition) is 1. The van der Waals surface area contributed by atoms with Crippen molar-refractivity contribution < 1.29 is 14.3 Å². The Morgan fingerprint density at radius 1 is 1.22 bits per heavy atom. The molecule has 4 rings (SSSR count). The second kappa shape index (κ2) is 5.41. The number of anilines is 1. The summed E-state index contributed by atoms with van der Waals surface area (Å²) in [6, 6.07) is 3.95. The predicted octanol–water partition coefficient (Wildman–Crippen LogP) is 2.51. The van der Waals surface area contributed by atoms with E-state index < -0.39 is 11.6 Å². The highest BCUT2D eigenvalue weighted by atomic mass is 16.4. The number of carbonyl (C=O) groups is 1. The highest BCUT2D eigenvalue weighted by molar-refractivity contribution is 5.88. The van der Waals surface area contributed by atoms with Crippen molar-refractivity contribution in [2.24, 2.45) is 0 Å². The van der Waals surface area contributed by atoms with Crippen LogP contribution in [0.25, 0.3) is 11.0 Å². The topological polar surface area (TPSA) is 70.7 Å². The van der Waals surface area contributed by atoms with Crippen molar-refractivity contribution in [2.75, 3.05) is 18.0 Å². The molecule has 0 bridgehead atoms. The molecule has 0 saturated heterocycles. The van der Waals surface area contributed by atoms with Gasteiger partial charge in [-0.25, -0.2) is 4.79 Å². The first kappa shape index (κ1) is 14.3. The first-order valence-electron chi connectivity index (χ1n) is 8.22. The van der Waals surface area contributed by atoms with Crippen LogP contribution in [0.15, 0.2) is 21.3 Å². The predicted molar refractivity (Wildman–Crippen MR) is 87.3 cm³/mol. The zero-order valence-corrected chi connectivity index (χ0v) is 12.9. The zero-order chi connectivity index (χ0) is 16.0. The second-order valence-corrected chi connectivity index (χ2v) is 6.43. The Balaban J connectivity index is 1.89. The summed E-state index contributed by atoms with van der Waals surface area (Å²) in [6.07, 6.45) is 4.39. The summed E-state index contributed by atoms with van der Waals surface area (Å²) in [6.45, 7) is 2.15. The van der Waals surface area contributed by atoms with Gasteiger partial charge in [-0.15, -0.1) is 0 Å². The number of hydrogen-bond acceptors (Lipinski definition) is 4. The molecular formula is C18H19NO4. The molecule has 0 radical (unpaired) electrons. The van der Waals surface area contributed by atoms with Gasteiger partial charge >= 0.3 is 11.6 Å². The maximum atomic E-state index is 12.2. The molecule has 3 heterocycles. The Hall–Kier alpha value is -2.30. The third-order valence-corrected chi connectivity index (χ3v) is 4.90. The van der Waals surface area contributed by atoms with Gasteiger partial charge in [-0.05, 0) is 49.8 Å². The molecule has 0 fully saturated rings. The quantitative estimate of drug-likeness (QED) is 0.882. The van der Waals surface area contributed by atoms with Crippen molar-refractivity contribution in [3.8, 4) is 0 Å². The average Bonchev–Trinajstić information content (AvgIpc) is 2.54. The van der Waals surface area contributed by atoms with E-state index in [0.717, 1.165) is 49.7 Å². The minimum atomic E-state index is -0.902. The molecular weight excluding hydrogens is 294 g/mol. The number of rotatable bonds is 3. The van der Waals surface area contributed by atoms with Crippen molar-refractivity contribution in [2.45, 2.75) is 38.5 Å². The van der Waals surface area contributed by atoms with Crippen LogP contribution in [-0.2, 0) is 24.1 Å². The number of carboxylic acids is 1. The first-order valence-corrected chi connectivity index (χ1v) is 8.22. The number of nitrogens with zero attached hydrogens (tertiary/aromatic N) is 1. The molecule has 0 aliphatic carbocycles. The molecule has 5 nitrogen and oxygen atoms in total. The van der Waals surface area contributed by atoms with Crippen LogP contribution in [0, 0.1) is 0 Å².